The molecular formula is C13H26N2OS. The van der Waals surface area contributed by atoms with Crippen molar-refractivity contribution in [1.29, 1.82) is 0 Å². The average molecular weight is 258 g/mol. The Labute approximate surface area is 110 Å². The standard InChI is InChI=1S/C13H26N2OS/c1-4-9-16-10-7-8-14-12-15-13(5-2,6-3)11-17-12/h4-11H2,1-3H3,(H,14,15). The SMILES string of the molecule is CCCOCCCN=C1NC(CC)(CC)CS1. The normalized spacial score (nSPS) is 20.8. The zero-order valence-corrected chi connectivity index (χ0v) is 12.2. The fourth-order valence-corrected chi connectivity index (χ4v) is 3.18. The molecule has 0 spiro atoms. The van der Waals surface area contributed by atoms with E-state index in [0.717, 1.165) is 43.5 Å². The van der Waals surface area contributed by atoms with Crippen molar-refractivity contribution in [2.45, 2.75) is 52.0 Å². The molecule has 1 fully saturated rings. The molecule has 0 aromatic carbocycles. The van der Waals surface area contributed by atoms with Gasteiger partial charge in [0, 0.05) is 31.1 Å². The molecule has 0 atom stereocenters. The van der Waals surface area contributed by atoms with Crippen LogP contribution in [0.25, 0.3) is 0 Å². The second-order valence-corrected chi connectivity index (χ2v) is 5.52. The summed E-state index contributed by atoms with van der Waals surface area (Å²) in [4.78, 5) is 4.60. The van der Waals surface area contributed by atoms with E-state index in [1.807, 2.05) is 11.8 Å². The van der Waals surface area contributed by atoms with Crippen LogP contribution < -0.4 is 5.32 Å². The van der Waals surface area contributed by atoms with Crippen molar-refractivity contribution in [3.63, 3.8) is 0 Å². The summed E-state index contributed by atoms with van der Waals surface area (Å²) >= 11 is 1.86. The molecule has 0 aromatic rings. The zero-order chi connectivity index (χ0) is 12.6. The lowest BCUT2D eigenvalue weighted by Crippen LogP contribution is -2.42. The maximum atomic E-state index is 5.43. The smallest absolute Gasteiger partial charge is 0.157 e. The first-order valence-electron chi connectivity index (χ1n) is 6.79. The molecule has 4 heteroatoms. The van der Waals surface area contributed by atoms with E-state index < -0.39 is 0 Å². The molecule has 0 aromatic heterocycles. The third-order valence-corrected chi connectivity index (χ3v) is 4.46. The highest BCUT2D eigenvalue weighted by atomic mass is 32.2. The van der Waals surface area contributed by atoms with Crippen LogP contribution in [-0.4, -0.2) is 36.2 Å². The van der Waals surface area contributed by atoms with Gasteiger partial charge in [0.15, 0.2) is 5.17 Å². The van der Waals surface area contributed by atoms with E-state index in [4.69, 9.17) is 4.74 Å². The molecule has 0 aliphatic carbocycles. The molecule has 0 radical (unpaired) electrons. The number of amidine groups is 1. The number of aliphatic imine (C=N–C) groups is 1. The van der Waals surface area contributed by atoms with Crippen LogP contribution in [-0.2, 0) is 4.74 Å². The molecule has 0 saturated carbocycles. The van der Waals surface area contributed by atoms with Crippen molar-refractivity contribution in [1.82, 2.24) is 5.32 Å². The van der Waals surface area contributed by atoms with Crippen molar-refractivity contribution in [3.05, 3.63) is 0 Å². The molecule has 0 bridgehead atoms. The van der Waals surface area contributed by atoms with E-state index in [9.17, 15) is 0 Å². The molecule has 1 N–H and O–H groups in total. The lowest BCUT2D eigenvalue weighted by molar-refractivity contribution is 0.134. The van der Waals surface area contributed by atoms with Crippen molar-refractivity contribution < 1.29 is 4.74 Å². The van der Waals surface area contributed by atoms with Gasteiger partial charge < -0.3 is 10.1 Å². The summed E-state index contributed by atoms with van der Waals surface area (Å²) in [5.41, 5.74) is 0.294. The van der Waals surface area contributed by atoms with Crippen molar-refractivity contribution >= 4 is 16.9 Å². The third kappa shape index (κ3) is 4.88. The van der Waals surface area contributed by atoms with Gasteiger partial charge in [-0.05, 0) is 25.7 Å². The van der Waals surface area contributed by atoms with E-state index in [1.54, 1.807) is 0 Å². The van der Waals surface area contributed by atoms with Gasteiger partial charge in [-0.15, -0.1) is 0 Å². The Morgan fingerprint density at radius 3 is 2.65 bits per heavy atom. The van der Waals surface area contributed by atoms with Gasteiger partial charge in [0.05, 0.1) is 0 Å². The Morgan fingerprint density at radius 2 is 2.06 bits per heavy atom. The van der Waals surface area contributed by atoms with Crippen LogP contribution in [0.2, 0.25) is 0 Å². The maximum absolute atomic E-state index is 5.43. The first-order valence-corrected chi connectivity index (χ1v) is 7.78. The van der Waals surface area contributed by atoms with E-state index in [-0.39, 0.29) is 0 Å². The van der Waals surface area contributed by atoms with E-state index in [0.29, 0.717) is 5.54 Å². The lowest BCUT2D eigenvalue weighted by atomic mass is 9.96. The van der Waals surface area contributed by atoms with Crippen LogP contribution in [0.5, 0.6) is 0 Å². The number of thioether (sulfide) groups is 1. The highest BCUT2D eigenvalue weighted by Crippen LogP contribution is 2.28. The topological polar surface area (TPSA) is 33.6 Å². The second-order valence-electron chi connectivity index (χ2n) is 4.55. The van der Waals surface area contributed by atoms with Crippen molar-refractivity contribution in [3.8, 4) is 0 Å². The molecule has 17 heavy (non-hydrogen) atoms. The summed E-state index contributed by atoms with van der Waals surface area (Å²) in [5, 5.41) is 4.71. The number of nitrogens with zero attached hydrogens (tertiary/aromatic N) is 1. The van der Waals surface area contributed by atoms with Gasteiger partial charge in [-0.1, -0.05) is 32.5 Å². The summed E-state index contributed by atoms with van der Waals surface area (Å²) in [5.74, 6) is 1.16. The summed E-state index contributed by atoms with van der Waals surface area (Å²) in [6.45, 7) is 9.22. The van der Waals surface area contributed by atoms with Crippen LogP contribution in [0.4, 0.5) is 0 Å². The van der Waals surface area contributed by atoms with Crippen LogP contribution in [0.15, 0.2) is 4.99 Å². The lowest BCUT2D eigenvalue weighted by Gasteiger charge is -2.25. The van der Waals surface area contributed by atoms with Crippen LogP contribution in [0.1, 0.15) is 46.5 Å². The number of hydrogen-bond donors (Lipinski definition) is 1. The van der Waals surface area contributed by atoms with Gasteiger partial charge in [-0.25, -0.2) is 0 Å². The monoisotopic (exact) mass is 258 g/mol. The van der Waals surface area contributed by atoms with Crippen LogP contribution in [0, 0.1) is 0 Å². The number of nitrogens with one attached hydrogen (secondary N) is 1. The van der Waals surface area contributed by atoms with Gasteiger partial charge >= 0.3 is 0 Å². The number of ether oxygens (including phenoxy) is 1. The Morgan fingerprint density at radius 1 is 1.29 bits per heavy atom. The molecule has 1 rings (SSSR count). The largest absolute Gasteiger partial charge is 0.381 e. The first-order chi connectivity index (χ1) is 8.26. The predicted molar refractivity (Wildman–Crippen MR) is 76.9 cm³/mol. The predicted octanol–water partition coefficient (Wildman–Crippen LogP) is 3.05. The molecule has 0 unspecified atom stereocenters. The van der Waals surface area contributed by atoms with Crippen LogP contribution >= 0.6 is 11.8 Å². The van der Waals surface area contributed by atoms with E-state index in [1.165, 1.54) is 12.8 Å². The quantitative estimate of drug-likeness (QED) is 0.679. The van der Waals surface area contributed by atoms with Crippen molar-refractivity contribution in [2.75, 3.05) is 25.5 Å². The van der Waals surface area contributed by atoms with Crippen molar-refractivity contribution in [2.24, 2.45) is 4.99 Å². The molecule has 100 valence electrons. The second kappa shape index (κ2) is 7.98. The van der Waals surface area contributed by atoms with Gasteiger partial charge in [0.2, 0.25) is 0 Å². The Kier molecular flexibility index (Phi) is 6.97. The fraction of sp³-hybridized carbons (Fsp3) is 0.923. The summed E-state index contributed by atoms with van der Waals surface area (Å²) in [7, 11) is 0. The van der Waals surface area contributed by atoms with E-state index >= 15 is 0 Å². The molecule has 1 aliphatic heterocycles. The minimum atomic E-state index is 0.294. The average Bonchev–Trinajstić information content (AvgIpc) is 2.78. The number of hydrogen-bond acceptors (Lipinski definition) is 3. The minimum Gasteiger partial charge on any atom is -0.381 e. The Hall–Kier alpha value is -0.220. The fourth-order valence-electron chi connectivity index (χ4n) is 1.82. The molecule has 3 nitrogen and oxygen atoms in total. The highest BCUT2D eigenvalue weighted by molar-refractivity contribution is 8.14. The molecule has 1 saturated heterocycles. The number of rotatable bonds is 8. The molecular weight excluding hydrogens is 232 g/mol. The molecule has 1 heterocycles. The minimum absolute atomic E-state index is 0.294. The summed E-state index contributed by atoms with van der Waals surface area (Å²) in [6, 6.07) is 0. The Balaban J connectivity index is 2.19. The molecule has 0 amide bonds. The Bertz CT molecular complexity index is 240. The summed E-state index contributed by atoms with van der Waals surface area (Å²) < 4.78 is 5.43. The van der Waals surface area contributed by atoms with Gasteiger partial charge in [0.25, 0.3) is 0 Å². The highest BCUT2D eigenvalue weighted by Gasteiger charge is 2.33. The first kappa shape index (κ1) is 14.8. The maximum Gasteiger partial charge on any atom is 0.157 e. The van der Waals surface area contributed by atoms with Gasteiger partial charge in [-0.3, -0.25) is 4.99 Å². The van der Waals surface area contributed by atoms with E-state index in [2.05, 4.69) is 31.1 Å². The van der Waals surface area contributed by atoms with Crippen LogP contribution in [0.3, 0.4) is 0 Å². The zero-order valence-electron chi connectivity index (χ0n) is 11.4. The molecule has 1 aliphatic rings. The van der Waals surface area contributed by atoms with Gasteiger partial charge in [-0.2, -0.15) is 0 Å². The third-order valence-electron chi connectivity index (χ3n) is 3.26. The summed E-state index contributed by atoms with van der Waals surface area (Å²) in [6.07, 6.45) is 4.47. The van der Waals surface area contributed by atoms with Gasteiger partial charge in [0.1, 0.15) is 0 Å².